The van der Waals surface area contributed by atoms with Gasteiger partial charge in [-0.25, -0.2) is 0 Å². The Morgan fingerprint density at radius 1 is 0.868 bits per heavy atom. The zero-order valence-corrected chi connectivity index (χ0v) is 30.6. The topological polar surface area (TPSA) is 210 Å². The largest absolute Gasteiger partial charge is 0.443 e. The third-order valence-electron chi connectivity index (χ3n) is 10.1. The van der Waals surface area contributed by atoms with E-state index >= 15 is 0 Å². The summed E-state index contributed by atoms with van der Waals surface area (Å²) in [7, 11) is 0. The molecule has 5 atom stereocenters. The molecule has 0 radical (unpaired) electrons. The summed E-state index contributed by atoms with van der Waals surface area (Å²) in [6, 6.07) is 14.0. The van der Waals surface area contributed by atoms with Crippen LogP contribution in [0.1, 0.15) is 49.8 Å². The molecule has 2 aromatic carbocycles. The predicted octanol–water partition coefficient (Wildman–Crippen LogP) is -0.263. The van der Waals surface area contributed by atoms with Crippen LogP contribution in [-0.4, -0.2) is 151 Å². The minimum atomic E-state index is -1.59. The molecule has 3 aromatic rings. The number of aliphatic hydroxyl groups excluding tert-OH is 6. The van der Waals surface area contributed by atoms with Crippen LogP contribution in [0.15, 0.2) is 42.5 Å². The SMILES string of the molecule is CC(C)(NC(=O)CCCCc1ccc(CCc2cccc3c2c(O[C@@H]2O[C@H](CO)[C@@H](O)[C@H](O)[C@H]2O)nn3CCO)cc1)C(=O)N1CCN(CCO)CC1. The second-order valence-electron chi connectivity index (χ2n) is 14.4. The van der Waals surface area contributed by atoms with Crippen LogP contribution in [0.3, 0.4) is 0 Å². The van der Waals surface area contributed by atoms with E-state index in [-0.39, 0.29) is 37.5 Å². The molecule has 0 aliphatic carbocycles. The standard InChI is InChI=1S/C38H55N5O10/c1-38(2,37(51)42-18-16-41(17-19-42)20-22-44)39-30(47)9-4-3-6-25-10-12-26(13-11-25)14-15-27-7-5-8-28-31(27)35(40-43(28)21-23-45)53-36-34(50)33(49)32(48)29(24-46)52-36/h5,7-8,10-13,29,32-34,36,44-46,48-50H,3-4,6,9,14-24H2,1-2H3,(H,39,47)/t29-,32-,33+,34-,36+/m1/s1. The molecule has 15 heteroatoms. The van der Waals surface area contributed by atoms with Gasteiger partial charge in [0.2, 0.25) is 24.0 Å². The van der Waals surface area contributed by atoms with Crippen LogP contribution in [-0.2, 0) is 40.1 Å². The minimum Gasteiger partial charge on any atom is -0.443 e. The fourth-order valence-corrected chi connectivity index (χ4v) is 7.03. The van der Waals surface area contributed by atoms with Crippen molar-refractivity contribution in [3.63, 3.8) is 0 Å². The van der Waals surface area contributed by atoms with E-state index in [1.807, 2.05) is 18.2 Å². The molecule has 2 amide bonds. The molecule has 3 heterocycles. The summed E-state index contributed by atoms with van der Waals surface area (Å²) in [6.45, 7) is 6.22. The van der Waals surface area contributed by atoms with Crippen LogP contribution in [0.5, 0.6) is 5.88 Å². The summed E-state index contributed by atoms with van der Waals surface area (Å²) in [6.07, 6.45) is -3.22. The van der Waals surface area contributed by atoms with Crippen molar-refractivity contribution in [2.75, 3.05) is 52.5 Å². The van der Waals surface area contributed by atoms with Gasteiger partial charge in [-0.15, -0.1) is 5.10 Å². The Labute approximate surface area is 309 Å². The zero-order chi connectivity index (χ0) is 38.1. The van der Waals surface area contributed by atoms with Gasteiger partial charge in [0.25, 0.3) is 0 Å². The van der Waals surface area contributed by atoms with Crippen molar-refractivity contribution in [1.29, 1.82) is 0 Å². The number of benzene rings is 2. The first-order valence-corrected chi connectivity index (χ1v) is 18.5. The van der Waals surface area contributed by atoms with Gasteiger partial charge in [0, 0.05) is 39.1 Å². The van der Waals surface area contributed by atoms with Gasteiger partial charge in [-0.3, -0.25) is 19.2 Å². The van der Waals surface area contributed by atoms with Crippen molar-refractivity contribution in [2.24, 2.45) is 0 Å². The number of aliphatic hydroxyl groups is 6. The van der Waals surface area contributed by atoms with Crippen LogP contribution in [0, 0.1) is 0 Å². The summed E-state index contributed by atoms with van der Waals surface area (Å²) < 4.78 is 13.1. The highest BCUT2D eigenvalue weighted by molar-refractivity contribution is 5.91. The number of fused-ring (bicyclic) bond motifs is 1. The van der Waals surface area contributed by atoms with Crippen LogP contribution in [0.4, 0.5) is 0 Å². The Morgan fingerprint density at radius 2 is 1.55 bits per heavy atom. The molecule has 0 spiro atoms. The van der Waals surface area contributed by atoms with E-state index in [1.54, 1.807) is 23.4 Å². The van der Waals surface area contributed by atoms with Gasteiger partial charge >= 0.3 is 0 Å². The van der Waals surface area contributed by atoms with Gasteiger partial charge < -0.3 is 50.3 Å². The number of rotatable bonds is 17. The van der Waals surface area contributed by atoms with Crippen molar-refractivity contribution in [3.8, 4) is 5.88 Å². The van der Waals surface area contributed by atoms with Crippen LogP contribution in [0.25, 0.3) is 10.9 Å². The van der Waals surface area contributed by atoms with Gasteiger partial charge in [-0.05, 0) is 68.7 Å². The molecule has 2 saturated heterocycles. The number of unbranched alkanes of at least 4 members (excludes halogenated alkanes) is 1. The number of aromatic nitrogens is 2. The van der Waals surface area contributed by atoms with E-state index in [9.17, 15) is 35.1 Å². The van der Waals surface area contributed by atoms with E-state index in [0.29, 0.717) is 69.3 Å². The lowest BCUT2D eigenvalue weighted by molar-refractivity contribution is -0.278. The Bertz CT molecular complexity index is 1640. The average Bonchev–Trinajstić information content (AvgIpc) is 3.50. The number of hydrogen-bond donors (Lipinski definition) is 7. The fourth-order valence-electron chi connectivity index (χ4n) is 7.03. The summed E-state index contributed by atoms with van der Waals surface area (Å²) in [5.74, 6) is -0.0953. The van der Waals surface area contributed by atoms with E-state index in [1.165, 1.54) is 0 Å². The van der Waals surface area contributed by atoms with Crippen molar-refractivity contribution >= 4 is 22.7 Å². The third kappa shape index (κ3) is 10.1. The zero-order valence-electron chi connectivity index (χ0n) is 30.6. The first kappa shape index (κ1) is 40.5. The van der Waals surface area contributed by atoms with E-state index in [2.05, 4.69) is 39.6 Å². The van der Waals surface area contributed by atoms with Gasteiger partial charge in [0.15, 0.2) is 0 Å². The summed E-state index contributed by atoms with van der Waals surface area (Å²) in [4.78, 5) is 29.7. The molecule has 53 heavy (non-hydrogen) atoms. The van der Waals surface area contributed by atoms with E-state index in [0.717, 1.165) is 29.5 Å². The Morgan fingerprint density at radius 3 is 2.21 bits per heavy atom. The normalized spacial score (nSPS) is 22.6. The number of aryl methyl sites for hydroxylation is 3. The second kappa shape index (κ2) is 18.6. The molecule has 5 rings (SSSR count). The molecule has 0 saturated carbocycles. The summed E-state index contributed by atoms with van der Waals surface area (Å²) in [5.41, 5.74) is 2.91. The molecule has 2 aliphatic rings. The van der Waals surface area contributed by atoms with E-state index < -0.39 is 42.9 Å². The lowest BCUT2D eigenvalue weighted by atomic mass is 9.99. The maximum Gasteiger partial charge on any atom is 0.247 e. The summed E-state index contributed by atoms with van der Waals surface area (Å²) in [5, 5.41) is 67.5. The van der Waals surface area contributed by atoms with Gasteiger partial charge in [-0.2, -0.15) is 0 Å². The Kier molecular flexibility index (Phi) is 14.2. The number of amides is 2. The number of carbonyl (C=O) groups is 2. The maximum absolute atomic E-state index is 13.1. The third-order valence-corrected chi connectivity index (χ3v) is 10.1. The second-order valence-corrected chi connectivity index (χ2v) is 14.4. The molecule has 1 aromatic heterocycles. The van der Waals surface area contributed by atoms with Crippen LogP contribution >= 0.6 is 0 Å². The van der Waals surface area contributed by atoms with Crippen LogP contribution < -0.4 is 10.1 Å². The number of nitrogens with one attached hydrogen (secondary N) is 1. The first-order valence-electron chi connectivity index (χ1n) is 18.5. The lowest BCUT2D eigenvalue weighted by Crippen LogP contribution is -2.60. The molecule has 2 aliphatic heterocycles. The van der Waals surface area contributed by atoms with Gasteiger partial charge in [0.1, 0.15) is 30.0 Å². The molecule has 15 nitrogen and oxygen atoms in total. The highest BCUT2D eigenvalue weighted by Crippen LogP contribution is 2.33. The smallest absolute Gasteiger partial charge is 0.247 e. The number of carbonyl (C=O) groups excluding carboxylic acids is 2. The Hall–Kier alpha value is -3.67. The Balaban J connectivity index is 1.12. The number of hydrogen-bond acceptors (Lipinski definition) is 12. The number of piperazine rings is 1. The molecule has 0 unspecified atom stereocenters. The van der Waals surface area contributed by atoms with E-state index in [4.69, 9.17) is 14.6 Å². The molecule has 292 valence electrons. The highest BCUT2D eigenvalue weighted by Gasteiger charge is 2.45. The molecule has 2 fully saturated rings. The van der Waals surface area contributed by atoms with Crippen molar-refractivity contribution in [2.45, 2.75) is 95.2 Å². The molecule has 0 bridgehead atoms. The fraction of sp³-hybridized carbons (Fsp3) is 0.605. The number of nitrogens with zero attached hydrogens (tertiary/aromatic N) is 4. The van der Waals surface area contributed by atoms with Crippen LogP contribution in [0.2, 0.25) is 0 Å². The monoisotopic (exact) mass is 741 g/mol. The highest BCUT2D eigenvalue weighted by atomic mass is 16.7. The van der Waals surface area contributed by atoms with Gasteiger partial charge in [-0.1, -0.05) is 36.4 Å². The van der Waals surface area contributed by atoms with Crippen molar-refractivity contribution in [3.05, 3.63) is 59.2 Å². The quantitative estimate of drug-likeness (QED) is 0.0893. The minimum absolute atomic E-state index is 0.0927. The molecular formula is C38H55N5O10. The molecule has 7 N–H and O–H groups in total. The van der Waals surface area contributed by atoms with Crippen molar-refractivity contribution < 1.29 is 49.7 Å². The maximum atomic E-state index is 13.1. The molecular weight excluding hydrogens is 686 g/mol. The number of β-amino-alcohol motifs (C(OH)–C–C–N with tert-alkyl or cyclic N) is 1. The average molecular weight is 742 g/mol. The number of ether oxygens (including phenoxy) is 2. The lowest BCUT2D eigenvalue weighted by Gasteiger charge is -2.39. The first-order chi connectivity index (χ1) is 25.4. The summed E-state index contributed by atoms with van der Waals surface area (Å²) >= 11 is 0. The predicted molar refractivity (Wildman–Crippen MR) is 195 cm³/mol. The van der Waals surface area contributed by atoms with Crippen molar-refractivity contribution in [1.82, 2.24) is 24.9 Å². The van der Waals surface area contributed by atoms with Gasteiger partial charge in [0.05, 0.1) is 37.3 Å².